The van der Waals surface area contributed by atoms with Crippen LogP contribution in [0.15, 0.2) is 83.9 Å². The number of carbonyl (C=O) groups excluding carboxylic acids is 1. The number of halogens is 1. The van der Waals surface area contributed by atoms with Crippen LogP contribution in [0.5, 0.6) is 0 Å². The molecule has 168 valence electrons. The van der Waals surface area contributed by atoms with Gasteiger partial charge in [0.05, 0.1) is 10.6 Å². The van der Waals surface area contributed by atoms with Crippen LogP contribution in [0.3, 0.4) is 0 Å². The molecule has 0 aliphatic carbocycles. The van der Waals surface area contributed by atoms with E-state index in [4.69, 9.17) is 11.6 Å². The third kappa shape index (κ3) is 4.93. The van der Waals surface area contributed by atoms with Gasteiger partial charge in [-0.05, 0) is 29.8 Å². The first-order valence-electron chi connectivity index (χ1n) is 9.98. The van der Waals surface area contributed by atoms with Crippen LogP contribution in [0.4, 0.5) is 11.5 Å². The average Bonchev–Trinajstić information content (AvgIpc) is 3.21. The topological polar surface area (TPSA) is 114 Å². The second kappa shape index (κ2) is 10.2. The number of para-hydroxylation sites is 1. The van der Waals surface area contributed by atoms with Gasteiger partial charge in [0.25, 0.3) is 11.6 Å². The number of nitrogens with one attached hydrogen (secondary N) is 1. The smallest absolute Gasteiger partial charge is 0.270 e. The molecule has 4 rings (SSSR count). The summed E-state index contributed by atoms with van der Waals surface area (Å²) < 4.78 is 1.47. The summed E-state index contributed by atoms with van der Waals surface area (Å²) in [5.41, 5.74) is 1.58. The van der Waals surface area contributed by atoms with Crippen molar-refractivity contribution in [2.45, 2.75) is 10.8 Å². The van der Waals surface area contributed by atoms with Crippen molar-refractivity contribution in [2.24, 2.45) is 0 Å². The summed E-state index contributed by atoms with van der Waals surface area (Å²) in [6, 6.07) is 23.9. The molecule has 3 aromatic carbocycles. The van der Waals surface area contributed by atoms with E-state index in [9.17, 15) is 20.2 Å². The Kier molecular flexibility index (Phi) is 6.92. The minimum Gasteiger partial charge on any atom is -0.305 e. The van der Waals surface area contributed by atoms with E-state index in [1.165, 1.54) is 40.7 Å². The number of carbonyl (C=O) groups is 1. The molecule has 4 aromatic rings. The molecule has 0 radical (unpaired) electrons. The number of rotatable bonds is 7. The number of anilines is 1. The number of nitrogens with zero attached hydrogens (tertiary/aromatic N) is 4. The quantitative estimate of drug-likeness (QED) is 0.198. The van der Waals surface area contributed by atoms with Gasteiger partial charge in [-0.3, -0.25) is 14.9 Å². The highest BCUT2D eigenvalue weighted by Gasteiger charge is 2.23. The van der Waals surface area contributed by atoms with Gasteiger partial charge in [-0.2, -0.15) is 10.4 Å². The zero-order valence-corrected chi connectivity index (χ0v) is 19.1. The number of amides is 1. The maximum Gasteiger partial charge on any atom is 0.270 e. The van der Waals surface area contributed by atoms with Crippen LogP contribution in [-0.2, 0) is 5.75 Å². The number of hydrogen-bond acceptors (Lipinski definition) is 6. The molecule has 1 N–H and O–H groups in total. The van der Waals surface area contributed by atoms with E-state index in [1.54, 1.807) is 18.2 Å². The molecule has 1 aromatic heterocycles. The molecule has 0 saturated carbocycles. The van der Waals surface area contributed by atoms with Crippen LogP contribution >= 0.6 is 23.4 Å². The standard InChI is InChI=1S/C24H16ClN5O3S/c25-21-12-5-4-7-17(21)15-34-24-20(14-26)22(29(28-24)18-9-2-1-3-10-18)27-23(31)16-8-6-11-19(13-16)30(32)33/h1-13H,15H2,(H,27,31). The third-order valence-electron chi connectivity index (χ3n) is 4.84. The van der Waals surface area contributed by atoms with Crippen LogP contribution in [-0.4, -0.2) is 20.6 Å². The molecule has 0 atom stereocenters. The maximum atomic E-state index is 13.0. The molecule has 0 spiro atoms. The van der Waals surface area contributed by atoms with E-state index < -0.39 is 10.8 Å². The molecule has 10 heteroatoms. The molecule has 34 heavy (non-hydrogen) atoms. The normalized spacial score (nSPS) is 10.5. The summed E-state index contributed by atoms with van der Waals surface area (Å²) in [6.07, 6.45) is 0. The summed E-state index contributed by atoms with van der Waals surface area (Å²) in [6.45, 7) is 0. The fraction of sp³-hybridized carbons (Fsp3) is 0.0417. The van der Waals surface area contributed by atoms with Gasteiger partial charge in [0.1, 0.15) is 16.7 Å². The minimum absolute atomic E-state index is 0.0872. The fourth-order valence-corrected chi connectivity index (χ4v) is 4.43. The Balaban J connectivity index is 1.72. The van der Waals surface area contributed by atoms with Gasteiger partial charge >= 0.3 is 0 Å². The van der Waals surface area contributed by atoms with Crippen LogP contribution in [0.1, 0.15) is 21.5 Å². The summed E-state index contributed by atoms with van der Waals surface area (Å²) in [7, 11) is 0. The number of thioether (sulfide) groups is 1. The minimum atomic E-state index is -0.597. The van der Waals surface area contributed by atoms with Crippen molar-refractivity contribution < 1.29 is 9.72 Å². The van der Waals surface area contributed by atoms with Crippen LogP contribution in [0.25, 0.3) is 5.69 Å². The number of nitro benzene ring substituents is 1. The predicted molar refractivity (Wildman–Crippen MR) is 130 cm³/mol. The lowest BCUT2D eigenvalue weighted by Crippen LogP contribution is -2.16. The maximum absolute atomic E-state index is 13.0. The van der Waals surface area contributed by atoms with Crippen molar-refractivity contribution >= 4 is 40.8 Å². The zero-order valence-electron chi connectivity index (χ0n) is 17.5. The third-order valence-corrected chi connectivity index (χ3v) is 6.22. The molecule has 0 aliphatic heterocycles. The fourth-order valence-electron chi connectivity index (χ4n) is 3.17. The first kappa shape index (κ1) is 23.0. The van der Waals surface area contributed by atoms with Crippen molar-refractivity contribution in [1.29, 1.82) is 5.26 Å². The number of nitro groups is 1. The largest absolute Gasteiger partial charge is 0.305 e. The molecule has 8 nitrogen and oxygen atoms in total. The molecule has 0 unspecified atom stereocenters. The first-order chi connectivity index (χ1) is 16.5. The molecule has 0 saturated heterocycles. The molecule has 0 fully saturated rings. The monoisotopic (exact) mass is 489 g/mol. The number of benzene rings is 3. The van der Waals surface area contributed by atoms with E-state index in [0.717, 1.165) is 5.56 Å². The number of hydrogen-bond donors (Lipinski definition) is 1. The van der Waals surface area contributed by atoms with Gasteiger partial charge in [-0.15, -0.1) is 0 Å². The van der Waals surface area contributed by atoms with Crippen molar-refractivity contribution in [2.75, 3.05) is 5.32 Å². The van der Waals surface area contributed by atoms with Gasteiger partial charge in [0.15, 0.2) is 5.82 Å². The Labute approximate surface area is 203 Å². The molecule has 1 heterocycles. The molecule has 0 bridgehead atoms. The zero-order chi connectivity index (χ0) is 24.1. The van der Waals surface area contributed by atoms with E-state index in [1.807, 2.05) is 36.4 Å². The van der Waals surface area contributed by atoms with E-state index in [2.05, 4.69) is 16.5 Å². The lowest BCUT2D eigenvalue weighted by Gasteiger charge is -2.09. The highest BCUT2D eigenvalue weighted by atomic mass is 35.5. The highest BCUT2D eigenvalue weighted by Crippen LogP contribution is 2.33. The summed E-state index contributed by atoms with van der Waals surface area (Å²) in [5.74, 6) is 0.0464. The molecule has 1 amide bonds. The first-order valence-corrected chi connectivity index (χ1v) is 11.3. The van der Waals surface area contributed by atoms with Crippen molar-refractivity contribution in [3.05, 3.63) is 111 Å². The van der Waals surface area contributed by atoms with Crippen LogP contribution < -0.4 is 5.32 Å². The Bertz CT molecular complexity index is 1420. The second-order valence-electron chi connectivity index (χ2n) is 7.03. The van der Waals surface area contributed by atoms with Crippen molar-refractivity contribution in [1.82, 2.24) is 9.78 Å². The van der Waals surface area contributed by atoms with Gasteiger partial charge in [0.2, 0.25) is 0 Å². The van der Waals surface area contributed by atoms with Crippen LogP contribution in [0.2, 0.25) is 5.02 Å². The molecule has 0 aliphatic rings. The van der Waals surface area contributed by atoms with Crippen molar-refractivity contribution in [3.8, 4) is 11.8 Å². The van der Waals surface area contributed by atoms with Crippen LogP contribution in [0, 0.1) is 21.4 Å². The summed E-state index contributed by atoms with van der Waals surface area (Å²) in [5, 5.41) is 29.3. The molecular formula is C24H16ClN5O3S. The molecular weight excluding hydrogens is 474 g/mol. The number of nitriles is 1. The highest BCUT2D eigenvalue weighted by molar-refractivity contribution is 7.98. The number of non-ortho nitro benzene ring substituents is 1. The summed E-state index contributed by atoms with van der Waals surface area (Å²) >= 11 is 7.58. The lowest BCUT2D eigenvalue weighted by atomic mass is 10.2. The van der Waals surface area contributed by atoms with Gasteiger partial charge in [-0.25, -0.2) is 4.68 Å². The lowest BCUT2D eigenvalue weighted by molar-refractivity contribution is -0.384. The Hall–Kier alpha value is -4.13. The van der Waals surface area contributed by atoms with Gasteiger partial charge in [0, 0.05) is 28.5 Å². The van der Waals surface area contributed by atoms with Gasteiger partial charge in [-0.1, -0.05) is 65.8 Å². The predicted octanol–water partition coefficient (Wildman–Crippen LogP) is 5.85. The van der Waals surface area contributed by atoms with E-state index >= 15 is 0 Å². The van der Waals surface area contributed by atoms with Gasteiger partial charge < -0.3 is 5.32 Å². The Morgan fingerprint density at radius 1 is 1.12 bits per heavy atom. The summed E-state index contributed by atoms with van der Waals surface area (Å²) in [4.78, 5) is 23.5. The van der Waals surface area contributed by atoms with Crippen molar-refractivity contribution in [3.63, 3.8) is 0 Å². The average molecular weight is 490 g/mol. The Morgan fingerprint density at radius 2 is 1.85 bits per heavy atom. The SMILES string of the molecule is N#Cc1c(SCc2ccccc2Cl)nn(-c2ccccc2)c1NC(=O)c1cccc([N+](=O)[O-])c1. The number of aromatic nitrogens is 2. The van der Waals surface area contributed by atoms with E-state index in [-0.39, 0.29) is 22.6 Å². The van der Waals surface area contributed by atoms with E-state index in [0.29, 0.717) is 21.5 Å². The second-order valence-corrected chi connectivity index (χ2v) is 8.40. The Morgan fingerprint density at radius 3 is 2.56 bits per heavy atom.